The maximum absolute atomic E-state index is 13.0. The first-order chi connectivity index (χ1) is 11.6. The van der Waals surface area contributed by atoms with Gasteiger partial charge in [-0.15, -0.1) is 0 Å². The molecule has 0 aliphatic carbocycles. The summed E-state index contributed by atoms with van der Waals surface area (Å²) in [5.41, 5.74) is 1.05. The predicted octanol–water partition coefficient (Wildman–Crippen LogP) is 2.05. The number of anilines is 1. The van der Waals surface area contributed by atoms with Crippen LogP contribution in [0.15, 0.2) is 24.3 Å². The standard InChI is InChI=1S/C18H27FN4O/c1-22-9-2-3-16(13-22)21-18(24)20-11-14-8-10-23(12-14)17-6-4-15(19)5-7-17/h4-7,14,16H,2-3,8-13H2,1H3,(H2,20,21,24)/t14-,16+/m1/s1. The van der Waals surface area contributed by atoms with E-state index in [0.29, 0.717) is 12.5 Å². The average Bonchev–Trinajstić information content (AvgIpc) is 3.03. The smallest absolute Gasteiger partial charge is 0.315 e. The molecule has 3 rings (SSSR count). The molecular formula is C18H27FN4O. The molecule has 1 aromatic carbocycles. The molecule has 0 bridgehead atoms. The number of carbonyl (C=O) groups excluding carboxylic acids is 1. The Morgan fingerprint density at radius 2 is 2.00 bits per heavy atom. The molecule has 2 saturated heterocycles. The van der Waals surface area contributed by atoms with Crippen LogP contribution in [0.5, 0.6) is 0 Å². The fraction of sp³-hybridized carbons (Fsp3) is 0.611. The van der Waals surface area contributed by atoms with Crippen molar-refractivity contribution in [3.05, 3.63) is 30.1 Å². The lowest BCUT2D eigenvalue weighted by Gasteiger charge is -2.30. The minimum Gasteiger partial charge on any atom is -0.371 e. The van der Waals surface area contributed by atoms with Crippen molar-refractivity contribution in [2.75, 3.05) is 44.7 Å². The average molecular weight is 334 g/mol. The molecule has 2 N–H and O–H groups in total. The molecule has 5 nitrogen and oxygen atoms in total. The number of halogens is 1. The van der Waals surface area contributed by atoms with E-state index in [1.165, 1.54) is 12.1 Å². The molecule has 2 atom stereocenters. The number of likely N-dealkylation sites (tertiary alicyclic amines) is 1. The van der Waals surface area contributed by atoms with Crippen molar-refractivity contribution < 1.29 is 9.18 Å². The molecule has 2 aliphatic rings. The summed E-state index contributed by atoms with van der Waals surface area (Å²) >= 11 is 0. The molecule has 2 fully saturated rings. The van der Waals surface area contributed by atoms with E-state index in [4.69, 9.17) is 0 Å². The molecular weight excluding hydrogens is 307 g/mol. The summed E-state index contributed by atoms with van der Waals surface area (Å²) in [6.07, 6.45) is 3.24. The minimum atomic E-state index is -0.207. The van der Waals surface area contributed by atoms with Gasteiger partial charge in [0.25, 0.3) is 0 Å². The molecule has 24 heavy (non-hydrogen) atoms. The number of hydrogen-bond donors (Lipinski definition) is 2. The number of benzene rings is 1. The van der Waals surface area contributed by atoms with Crippen LogP contribution in [-0.4, -0.2) is 56.7 Å². The summed E-state index contributed by atoms with van der Waals surface area (Å²) in [5, 5.41) is 6.09. The lowest BCUT2D eigenvalue weighted by atomic mass is 10.1. The van der Waals surface area contributed by atoms with Crippen LogP contribution in [0.25, 0.3) is 0 Å². The lowest BCUT2D eigenvalue weighted by molar-refractivity contribution is 0.208. The minimum absolute atomic E-state index is 0.0597. The number of carbonyl (C=O) groups is 1. The normalized spacial score (nSPS) is 24.8. The Labute approximate surface area is 143 Å². The Balaban J connectivity index is 1.39. The molecule has 0 spiro atoms. The number of amides is 2. The third-order valence-electron chi connectivity index (χ3n) is 4.99. The molecule has 0 radical (unpaired) electrons. The van der Waals surface area contributed by atoms with E-state index >= 15 is 0 Å². The van der Waals surface area contributed by atoms with E-state index < -0.39 is 0 Å². The zero-order valence-corrected chi connectivity index (χ0v) is 14.3. The van der Waals surface area contributed by atoms with Gasteiger partial charge in [-0.25, -0.2) is 9.18 Å². The third kappa shape index (κ3) is 4.60. The van der Waals surface area contributed by atoms with E-state index in [9.17, 15) is 9.18 Å². The maximum atomic E-state index is 13.0. The first-order valence-corrected chi connectivity index (χ1v) is 8.83. The zero-order valence-electron chi connectivity index (χ0n) is 14.3. The van der Waals surface area contributed by atoms with Crippen LogP contribution in [0, 0.1) is 11.7 Å². The number of likely N-dealkylation sites (N-methyl/N-ethyl adjacent to an activating group) is 1. The second-order valence-electron chi connectivity index (χ2n) is 7.03. The highest BCUT2D eigenvalue weighted by molar-refractivity contribution is 5.74. The molecule has 2 heterocycles. The highest BCUT2D eigenvalue weighted by Crippen LogP contribution is 2.23. The summed E-state index contributed by atoms with van der Waals surface area (Å²) in [5.74, 6) is 0.232. The molecule has 132 valence electrons. The van der Waals surface area contributed by atoms with Crippen LogP contribution in [0.2, 0.25) is 0 Å². The second-order valence-corrected chi connectivity index (χ2v) is 7.03. The predicted molar refractivity (Wildman–Crippen MR) is 93.8 cm³/mol. The largest absolute Gasteiger partial charge is 0.371 e. The van der Waals surface area contributed by atoms with Gasteiger partial charge in [0.05, 0.1) is 0 Å². The van der Waals surface area contributed by atoms with Crippen molar-refractivity contribution in [1.29, 1.82) is 0 Å². The fourth-order valence-corrected chi connectivity index (χ4v) is 3.64. The maximum Gasteiger partial charge on any atom is 0.315 e. The van der Waals surface area contributed by atoms with Crippen molar-refractivity contribution >= 4 is 11.7 Å². The van der Waals surface area contributed by atoms with Crippen molar-refractivity contribution in [2.45, 2.75) is 25.3 Å². The summed E-state index contributed by atoms with van der Waals surface area (Å²) in [6.45, 7) is 4.58. The number of nitrogens with one attached hydrogen (secondary N) is 2. The van der Waals surface area contributed by atoms with Gasteiger partial charge >= 0.3 is 6.03 Å². The monoisotopic (exact) mass is 334 g/mol. The molecule has 2 aliphatic heterocycles. The van der Waals surface area contributed by atoms with Crippen LogP contribution in [-0.2, 0) is 0 Å². The third-order valence-corrected chi connectivity index (χ3v) is 4.99. The van der Waals surface area contributed by atoms with Gasteiger partial charge < -0.3 is 20.4 Å². The Kier molecular flexibility index (Phi) is 5.56. The van der Waals surface area contributed by atoms with E-state index in [1.54, 1.807) is 0 Å². The van der Waals surface area contributed by atoms with Crippen LogP contribution >= 0.6 is 0 Å². The number of urea groups is 1. The highest BCUT2D eigenvalue weighted by Gasteiger charge is 2.24. The van der Waals surface area contributed by atoms with Gasteiger partial charge in [-0.05, 0) is 63.0 Å². The van der Waals surface area contributed by atoms with Crippen molar-refractivity contribution in [1.82, 2.24) is 15.5 Å². The number of hydrogen-bond acceptors (Lipinski definition) is 3. The fourth-order valence-electron chi connectivity index (χ4n) is 3.64. The van der Waals surface area contributed by atoms with Gasteiger partial charge in [-0.1, -0.05) is 0 Å². The van der Waals surface area contributed by atoms with Crippen molar-refractivity contribution in [3.8, 4) is 0 Å². The van der Waals surface area contributed by atoms with E-state index in [2.05, 4.69) is 27.5 Å². The SMILES string of the molecule is CN1CCC[C@H](NC(=O)NC[C@H]2CCN(c3ccc(F)cc3)C2)C1. The van der Waals surface area contributed by atoms with Gasteiger partial charge in [0.15, 0.2) is 0 Å². The summed E-state index contributed by atoms with van der Waals surface area (Å²) in [4.78, 5) is 16.6. The first-order valence-electron chi connectivity index (χ1n) is 8.83. The Bertz CT molecular complexity index is 550. The van der Waals surface area contributed by atoms with Crippen molar-refractivity contribution in [3.63, 3.8) is 0 Å². The zero-order chi connectivity index (χ0) is 16.9. The van der Waals surface area contributed by atoms with E-state index in [1.807, 2.05) is 12.1 Å². The molecule has 1 aromatic rings. The van der Waals surface area contributed by atoms with Gasteiger partial charge in [0.1, 0.15) is 5.82 Å². The van der Waals surface area contributed by atoms with Crippen LogP contribution in [0.3, 0.4) is 0 Å². The van der Waals surface area contributed by atoms with Gasteiger partial charge in [-0.2, -0.15) is 0 Å². The van der Waals surface area contributed by atoms with E-state index in [0.717, 1.165) is 51.1 Å². The molecule has 0 aromatic heterocycles. The summed E-state index contributed by atoms with van der Waals surface area (Å²) < 4.78 is 13.0. The number of piperidine rings is 1. The lowest BCUT2D eigenvalue weighted by Crippen LogP contribution is -2.50. The van der Waals surface area contributed by atoms with Crippen LogP contribution in [0.4, 0.5) is 14.9 Å². The Morgan fingerprint density at radius 3 is 2.75 bits per heavy atom. The quantitative estimate of drug-likeness (QED) is 0.886. The van der Waals surface area contributed by atoms with Gasteiger partial charge in [0, 0.05) is 37.9 Å². The second kappa shape index (κ2) is 7.83. The molecule has 0 saturated carbocycles. The van der Waals surface area contributed by atoms with Crippen LogP contribution < -0.4 is 15.5 Å². The number of rotatable bonds is 4. The molecule has 6 heteroatoms. The van der Waals surface area contributed by atoms with Crippen molar-refractivity contribution in [2.24, 2.45) is 5.92 Å². The number of nitrogens with zero attached hydrogens (tertiary/aromatic N) is 2. The Morgan fingerprint density at radius 1 is 1.21 bits per heavy atom. The van der Waals surface area contributed by atoms with Crippen LogP contribution in [0.1, 0.15) is 19.3 Å². The Hall–Kier alpha value is -1.82. The summed E-state index contributed by atoms with van der Waals surface area (Å²) in [6, 6.07) is 6.82. The summed E-state index contributed by atoms with van der Waals surface area (Å²) in [7, 11) is 2.09. The highest BCUT2D eigenvalue weighted by atomic mass is 19.1. The molecule has 0 unspecified atom stereocenters. The topological polar surface area (TPSA) is 47.6 Å². The van der Waals surface area contributed by atoms with Gasteiger partial charge in [0.2, 0.25) is 0 Å². The van der Waals surface area contributed by atoms with E-state index in [-0.39, 0.29) is 17.9 Å². The first kappa shape index (κ1) is 17.0. The van der Waals surface area contributed by atoms with Gasteiger partial charge in [-0.3, -0.25) is 0 Å². The molecule has 2 amide bonds.